The first kappa shape index (κ1) is 19.6. The number of hydrogen-bond donors (Lipinski definition) is 1. The summed E-state index contributed by atoms with van der Waals surface area (Å²) in [7, 11) is 3.45. The number of methoxy groups -OCH3 is 1. The van der Waals surface area contributed by atoms with Gasteiger partial charge in [0, 0.05) is 29.7 Å². The Morgan fingerprint density at radius 2 is 1.63 bits per heavy atom. The number of likely N-dealkylation sites (N-methyl/N-ethyl adjacent to an activating group) is 1. The predicted molar refractivity (Wildman–Crippen MR) is 118 cm³/mol. The highest BCUT2D eigenvalue weighted by Crippen LogP contribution is 2.34. The molecule has 1 aromatic heterocycles. The van der Waals surface area contributed by atoms with Crippen LogP contribution in [0.15, 0.2) is 85.1 Å². The number of fused-ring (bicyclic) bond motifs is 1. The molecule has 0 fully saturated rings. The summed E-state index contributed by atoms with van der Waals surface area (Å²) >= 11 is 0. The van der Waals surface area contributed by atoms with Crippen LogP contribution in [-0.2, 0) is 4.79 Å². The van der Waals surface area contributed by atoms with Gasteiger partial charge in [0.15, 0.2) is 6.61 Å². The average molecular weight is 400 g/mol. The second-order valence-electron chi connectivity index (χ2n) is 7.07. The lowest BCUT2D eigenvalue weighted by Gasteiger charge is -2.29. The van der Waals surface area contributed by atoms with Crippen LogP contribution < -0.4 is 9.47 Å². The first-order chi connectivity index (χ1) is 14.7. The number of carbonyl (C=O) groups excluding carboxylic acids is 1. The van der Waals surface area contributed by atoms with Crippen LogP contribution in [0.5, 0.6) is 11.5 Å². The molecule has 4 aromatic rings. The highest BCUT2D eigenvalue weighted by molar-refractivity contribution is 5.85. The van der Waals surface area contributed by atoms with Gasteiger partial charge in [-0.2, -0.15) is 0 Å². The monoisotopic (exact) mass is 400 g/mol. The van der Waals surface area contributed by atoms with Crippen LogP contribution in [0.25, 0.3) is 10.9 Å². The van der Waals surface area contributed by atoms with E-state index in [0.29, 0.717) is 5.75 Å². The molecule has 5 heteroatoms. The van der Waals surface area contributed by atoms with Crippen molar-refractivity contribution in [2.75, 3.05) is 20.8 Å². The lowest BCUT2D eigenvalue weighted by atomic mass is 9.96. The Morgan fingerprint density at radius 1 is 0.933 bits per heavy atom. The zero-order valence-electron chi connectivity index (χ0n) is 17.0. The maximum absolute atomic E-state index is 13.1. The lowest BCUT2D eigenvalue weighted by Crippen LogP contribution is -2.35. The number of para-hydroxylation sites is 2. The molecule has 30 heavy (non-hydrogen) atoms. The van der Waals surface area contributed by atoms with Gasteiger partial charge in [0.2, 0.25) is 0 Å². The number of carbonyl (C=O) groups is 1. The minimum Gasteiger partial charge on any atom is -0.497 e. The van der Waals surface area contributed by atoms with E-state index in [-0.39, 0.29) is 18.6 Å². The van der Waals surface area contributed by atoms with E-state index in [1.54, 1.807) is 12.0 Å². The van der Waals surface area contributed by atoms with Crippen molar-refractivity contribution in [1.82, 2.24) is 9.88 Å². The molecule has 4 rings (SSSR count). The number of nitrogens with zero attached hydrogens (tertiary/aromatic N) is 1. The summed E-state index contributed by atoms with van der Waals surface area (Å²) in [5, 5.41) is 1.09. The van der Waals surface area contributed by atoms with Crippen molar-refractivity contribution in [3.63, 3.8) is 0 Å². The third-order valence-corrected chi connectivity index (χ3v) is 5.23. The molecular weight excluding hydrogens is 376 g/mol. The molecule has 0 aliphatic heterocycles. The van der Waals surface area contributed by atoms with Crippen molar-refractivity contribution in [2.24, 2.45) is 0 Å². The second-order valence-corrected chi connectivity index (χ2v) is 7.07. The van der Waals surface area contributed by atoms with Crippen molar-refractivity contribution in [1.29, 1.82) is 0 Å². The Bertz CT molecular complexity index is 1120. The minimum absolute atomic E-state index is 0.0322. The number of ether oxygens (including phenoxy) is 2. The summed E-state index contributed by atoms with van der Waals surface area (Å²) in [6.45, 7) is -0.0322. The van der Waals surface area contributed by atoms with E-state index in [2.05, 4.69) is 11.1 Å². The highest BCUT2D eigenvalue weighted by Gasteiger charge is 2.26. The summed E-state index contributed by atoms with van der Waals surface area (Å²) in [6.07, 6.45) is 1.97. The van der Waals surface area contributed by atoms with E-state index in [0.717, 1.165) is 27.8 Å². The van der Waals surface area contributed by atoms with Crippen molar-refractivity contribution in [3.8, 4) is 11.5 Å². The van der Waals surface area contributed by atoms with E-state index in [9.17, 15) is 4.79 Å². The molecule has 1 atom stereocenters. The Balaban J connectivity index is 1.66. The SMILES string of the molecule is COc1ccc([C@@H](c2c[nH]c3ccccc23)N(C)C(=O)COc2ccccc2)cc1. The lowest BCUT2D eigenvalue weighted by molar-refractivity contribution is -0.133. The topological polar surface area (TPSA) is 54.6 Å². The third-order valence-electron chi connectivity index (χ3n) is 5.23. The smallest absolute Gasteiger partial charge is 0.261 e. The molecule has 0 aliphatic rings. The van der Waals surface area contributed by atoms with Gasteiger partial charge in [-0.15, -0.1) is 0 Å². The highest BCUT2D eigenvalue weighted by atomic mass is 16.5. The first-order valence-corrected chi connectivity index (χ1v) is 9.81. The second kappa shape index (κ2) is 8.74. The molecule has 1 amide bonds. The van der Waals surface area contributed by atoms with Gasteiger partial charge in [-0.1, -0.05) is 48.5 Å². The maximum Gasteiger partial charge on any atom is 0.261 e. The molecular formula is C25H24N2O3. The maximum atomic E-state index is 13.1. The summed E-state index contributed by atoms with van der Waals surface area (Å²) < 4.78 is 11.0. The molecule has 0 radical (unpaired) electrons. The molecule has 1 heterocycles. The van der Waals surface area contributed by atoms with E-state index in [1.165, 1.54) is 0 Å². The van der Waals surface area contributed by atoms with E-state index < -0.39 is 0 Å². The van der Waals surface area contributed by atoms with Gasteiger partial charge in [0.25, 0.3) is 5.91 Å². The van der Waals surface area contributed by atoms with Crippen molar-refractivity contribution in [2.45, 2.75) is 6.04 Å². The molecule has 0 aliphatic carbocycles. The van der Waals surface area contributed by atoms with Crippen LogP contribution in [0.4, 0.5) is 0 Å². The van der Waals surface area contributed by atoms with Crippen LogP contribution in [0.1, 0.15) is 17.2 Å². The average Bonchev–Trinajstić information content (AvgIpc) is 3.22. The Morgan fingerprint density at radius 3 is 2.37 bits per heavy atom. The molecule has 0 unspecified atom stereocenters. The Labute approximate surface area is 175 Å². The number of amides is 1. The van der Waals surface area contributed by atoms with Gasteiger partial charge in [-0.25, -0.2) is 0 Å². The molecule has 0 saturated heterocycles. The first-order valence-electron chi connectivity index (χ1n) is 9.81. The van der Waals surface area contributed by atoms with E-state index in [4.69, 9.17) is 9.47 Å². The third kappa shape index (κ3) is 4.01. The number of aromatic nitrogens is 1. The molecule has 0 spiro atoms. The molecule has 152 valence electrons. The standard InChI is InChI=1S/C25H24N2O3/c1-27(24(28)17-30-20-8-4-3-5-9-20)25(18-12-14-19(29-2)15-13-18)22-16-26-23-11-7-6-10-21(22)23/h3-16,25-26H,17H2,1-2H3/t25-/m0/s1. The summed E-state index contributed by atoms with van der Waals surface area (Å²) in [4.78, 5) is 18.1. The van der Waals surface area contributed by atoms with Gasteiger partial charge < -0.3 is 19.4 Å². The fraction of sp³-hybridized carbons (Fsp3) is 0.160. The van der Waals surface area contributed by atoms with Crippen LogP contribution in [0.3, 0.4) is 0 Å². The van der Waals surface area contributed by atoms with Crippen LogP contribution in [-0.4, -0.2) is 36.6 Å². The quantitative estimate of drug-likeness (QED) is 0.485. The van der Waals surface area contributed by atoms with Gasteiger partial charge in [0.1, 0.15) is 11.5 Å². The van der Waals surface area contributed by atoms with Crippen LogP contribution in [0.2, 0.25) is 0 Å². The van der Waals surface area contributed by atoms with E-state index >= 15 is 0 Å². The number of rotatable bonds is 7. The number of H-pyrrole nitrogens is 1. The number of nitrogens with one attached hydrogen (secondary N) is 1. The number of aromatic amines is 1. The Kier molecular flexibility index (Phi) is 5.70. The van der Waals surface area contributed by atoms with Gasteiger partial charge in [-0.3, -0.25) is 4.79 Å². The predicted octanol–water partition coefficient (Wildman–Crippen LogP) is 4.80. The zero-order chi connectivity index (χ0) is 20.9. The molecule has 1 N–H and O–H groups in total. The minimum atomic E-state index is -0.265. The number of benzene rings is 3. The summed E-state index contributed by atoms with van der Waals surface area (Å²) in [5.41, 5.74) is 3.06. The van der Waals surface area contributed by atoms with Crippen molar-refractivity contribution < 1.29 is 14.3 Å². The summed E-state index contributed by atoms with van der Waals surface area (Å²) in [5.74, 6) is 1.34. The van der Waals surface area contributed by atoms with Crippen LogP contribution >= 0.6 is 0 Å². The molecule has 0 saturated carbocycles. The fourth-order valence-corrected chi connectivity index (χ4v) is 3.63. The zero-order valence-corrected chi connectivity index (χ0v) is 17.0. The van der Waals surface area contributed by atoms with Crippen LogP contribution in [0, 0.1) is 0 Å². The summed E-state index contributed by atoms with van der Waals surface area (Å²) in [6, 6.07) is 25.0. The van der Waals surface area contributed by atoms with Gasteiger partial charge in [-0.05, 0) is 35.9 Å². The molecule has 5 nitrogen and oxygen atoms in total. The van der Waals surface area contributed by atoms with Gasteiger partial charge >= 0.3 is 0 Å². The fourth-order valence-electron chi connectivity index (χ4n) is 3.63. The molecule has 3 aromatic carbocycles. The van der Waals surface area contributed by atoms with Gasteiger partial charge in [0.05, 0.1) is 13.2 Å². The Hall–Kier alpha value is -3.73. The number of hydrogen-bond acceptors (Lipinski definition) is 3. The molecule has 0 bridgehead atoms. The van der Waals surface area contributed by atoms with Crippen molar-refractivity contribution in [3.05, 3.63) is 96.2 Å². The van der Waals surface area contributed by atoms with Crippen molar-refractivity contribution >= 4 is 16.8 Å². The normalized spacial score (nSPS) is 11.8. The van der Waals surface area contributed by atoms with E-state index in [1.807, 2.05) is 86.0 Å². The largest absolute Gasteiger partial charge is 0.497 e.